The number of nitrogens with one attached hydrogen (secondary N) is 1. The first-order chi connectivity index (χ1) is 9.06. The first-order valence-electron chi connectivity index (χ1n) is 6.01. The van der Waals surface area contributed by atoms with Crippen LogP contribution in [0.15, 0.2) is 30.7 Å². The topological polar surface area (TPSA) is 83.7 Å². The minimum absolute atomic E-state index is 0.0437. The number of hydrogen-bond donors (Lipinski definition) is 2. The average Bonchev–Trinajstić information content (AvgIpc) is 2.83. The van der Waals surface area contributed by atoms with Crippen molar-refractivity contribution in [1.29, 1.82) is 0 Å². The van der Waals surface area contributed by atoms with Crippen LogP contribution in [0.3, 0.4) is 0 Å². The van der Waals surface area contributed by atoms with Gasteiger partial charge in [0.25, 0.3) is 5.91 Å². The Hall–Kier alpha value is -2.37. The van der Waals surface area contributed by atoms with E-state index in [-0.39, 0.29) is 18.4 Å². The van der Waals surface area contributed by atoms with Gasteiger partial charge in [-0.15, -0.1) is 0 Å². The van der Waals surface area contributed by atoms with E-state index in [0.29, 0.717) is 12.0 Å². The summed E-state index contributed by atoms with van der Waals surface area (Å²) in [6.45, 7) is 1.79. The summed E-state index contributed by atoms with van der Waals surface area (Å²) in [5.41, 5.74) is 1.29. The predicted octanol–water partition coefficient (Wildman–Crippen LogP) is 1.32. The summed E-state index contributed by atoms with van der Waals surface area (Å²) in [6, 6.07) is 3.28. The SMILES string of the molecule is CC(CCC(=O)O)NC(=O)c1ccc2nccn2c1. The summed E-state index contributed by atoms with van der Waals surface area (Å²) in [5, 5.41) is 11.4. The maximum absolute atomic E-state index is 12.0. The van der Waals surface area contributed by atoms with Gasteiger partial charge in [-0.3, -0.25) is 9.59 Å². The van der Waals surface area contributed by atoms with E-state index in [4.69, 9.17) is 5.11 Å². The summed E-state index contributed by atoms with van der Waals surface area (Å²) in [7, 11) is 0. The zero-order chi connectivity index (χ0) is 13.8. The molecule has 2 rings (SSSR count). The Bertz CT molecular complexity index is 606. The second-order valence-electron chi connectivity index (χ2n) is 4.42. The first-order valence-corrected chi connectivity index (χ1v) is 6.01. The maximum Gasteiger partial charge on any atom is 0.303 e. The lowest BCUT2D eigenvalue weighted by Crippen LogP contribution is -2.33. The number of aliphatic carboxylic acids is 1. The molecule has 1 unspecified atom stereocenters. The lowest BCUT2D eigenvalue weighted by Gasteiger charge is -2.12. The number of carboxylic acid groups (broad SMARTS) is 1. The van der Waals surface area contributed by atoms with Gasteiger partial charge < -0.3 is 14.8 Å². The van der Waals surface area contributed by atoms with E-state index in [0.717, 1.165) is 5.65 Å². The lowest BCUT2D eigenvalue weighted by molar-refractivity contribution is -0.137. The third-order valence-electron chi connectivity index (χ3n) is 2.82. The van der Waals surface area contributed by atoms with E-state index in [9.17, 15) is 9.59 Å². The Morgan fingerprint density at radius 1 is 1.47 bits per heavy atom. The molecule has 100 valence electrons. The van der Waals surface area contributed by atoms with Crippen molar-refractivity contribution >= 4 is 17.5 Å². The Morgan fingerprint density at radius 3 is 3.00 bits per heavy atom. The highest BCUT2D eigenvalue weighted by molar-refractivity contribution is 5.94. The molecule has 0 fully saturated rings. The molecule has 2 N–H and O–H groups in total. The van der Waals surface area contributed by atoms with Gasteiger partial charge in [0.1, 0.15) is 5.65 Å². The number of carbonyl (C=O) groups is 2. The van der Waals surface area contributed by atoms with Crippen molar-refractivity contribution in [3.8, 4) is 0 Å². The number of imidazole rings is 1. The van der Waals surface area contributed by atoms with Crippen LogP contribution in [0.4, 0.5) is 0 Å². The molecular weight excluding hydrogens is 246 g/mol. The van der Waals surface area contributed by atoms with Crippen LogP contribution in [0.25, 0.3) is 5.65 Å². The van der Waals surface area contributed by atoms with Gasteiger partial charge in [0.15, 0.2) is 0 Å². The Labute approximate surface area is 110 Å². The molecule has 0 radical (unpaired) electrons. The van der Waals surface area contributed by atoms with Crippen molar-refractivity contribution in [3.05, 3.63) is 36.3 Å². The molecule has 1 atom stereocenters. The summed E-state index contributed by atoms with van der Waals surface area (Å²) in [4.78, 5) is 26.5. The van der Waals surface area contributed by atoms with Gasteiger partial charge in [-0.2, -0.15) is 0 Å². The maximum atomic E-state index is 12.0. The molecule has 0 aliphatic rings. The minimum atomic E-state index is -0.860. The summed E-state index contributed by atoms with van der Waals surface area (Å²) >= 11 is 0. The summed E-state index contributed by atoms with van der Waals surface area (Å²) in [6.07, 6.45) is 5.57. The van der Waals surface area contributed by atoms with Crippen LogP contribution in [0.5, 0.6) is 0 Å². The van der Waals surface area contributed by atoms with Crippen molar-refractivity contribution < 1.29 is 14.7 Å². The largest absolute Gasteiger partial charge is 0.481 e. The average molecular weight is 261 g/mol. The van der Waals surface area contributed by atoms with Gasteiger partial charge in [-0.05, 0) is 25.5 Å². The number of nitrogens with zero attached hydrogens (tertiary/aromatic N) is 2. The Balaban J connectivity index is 2.00. The summed E-state index contributed by atoms with van der Waals surface area (Å²) < 4.78 is 1.76. The van der Waals surface area contributed by atoms with Crippen LogP contribution < -0.4 is 5.32 Å². The second kappa shape index (κ2) is 5.51. The van der Waals surface area contributed by atoms with E-state index >= 15 is 0 Å². The zero-order valence-electron chi connectivity index (χ0n) is 10.5. The number of amides is 1. The molecule has 1 amide bonds. The second-order valence-corrected chi connectivity index (χ2v) is 4.42. The number of pyridine rings is 1. The van der Waals surface area contributed by atoms with Gasteiger partial charge in [-0.1, -0.05) is 0 Å². The molecule has 0 bridgehead atoms. The quantitative estimate of drug-likeness (QED) is 0.850. The van der Waals surface area contributed by atoms with Gasteiger partial charge >= 0.3 is 5.97 Å². The molecule has 6 nitrogen and oxygen atoms in total. The molecule has 0 aliphatic heterocycles. The van der Waals surface area contributed by atoms with Crippen LogP contribution in [0.2, 0.25) is 0 Å². The number of fused-ring (bicyclic) bond motifs is 1. The van der Waals surface area contributed by atoms with Crippen molar-refractivity contribution in [2.45, 2.75) is 25.8 Å². The van der Waals surface area contributed by atoms with E-state index < -0.39 is 5.97 Å². The first kappa shape index (κ1) is 13.1. The minimum Gasteiger partial charge on any atom is -0.481 e. The highest BCUT2D eigenvalue weighted by atomic mass is 16.4. The molecule has 0 spiro atoms. The summed E-state index contributed by atoms with van der Waals surface area (Å²) in [5.74, 6) is -1.07. The number of rotatable bonds is 5. The highest BCUT2D eigenvalue weighted by Crippen LogP contribution is 2.06. The molecule has 0 saturated carbocycles. The van der Waals surface area contributed by atoms with E-state index in [1.54, 1.807) is 42.0 Å². The molecule has 0 saturated heterocycles. The van der Waals surface area contributed by atoms with E-state index in [1.807, 2.05) is 0 Å². The molecule has 6 heteroatoms. The Kier molecular flexibility index (Phi) is 3.79. The third kappa shape index (κ3) is 3.31. The van der Waals surface area contributed by atoms with Crippen LogP contribution in [-0.4, -0.2) is 32.4 Å². The van der Waals surface area contributed by atoms with E-state index in [1.165, 1.54) is 0 Å². The predicted molar refractivity (Wildman–Crippen MR) is 69.0 cm³/mol. The molecule has 2 aromatic heterocycles. The number of aromatic nitrogens is 2. The van der Waals surface area contributed by atoms with Crippen LogP contribution in [0, 0.1) is 0 Å². The van der Waals surface area contributed by atoms with Crippen LogP contribution >= 0.6 is 0 Å². The van der Waals surface area contributed by atoms with Crippen molar-refractivity contribution in [2.75, 3.05) is 0 Å². The standard InChI is InChI=1S/C13H15N3O3/c1-9(2-5-12(17)18)15-13(19)10-3-4-11-14-6-7-16(11)8-10/h3-4,6-9H,2,5H2,1H3,(H,15,19)(H,17,18). The normalized spacial score (nSPS) is 12.3. The lowest BCUT2D eigenvalue weighted by atomic mass is 10.1. The molecule has 0 aromatic carbocycles. The molecular formula is C13H15N3O3. The fourth-order valence-electron chi connectivity index (χ4n) is 1.77. The van der Waals surface area contributed by atoms with Gasteiger partial charge in [-0.25, -0.2) is 4.98 Å². The molecule has 19 heavy (non-hydrogen) atoms. The smallest absolute Gasteiger partial charge is 0.303 e. The van der Waals surface area contributed by atoms with Crippen LogP contribution in [0.1, 0.15) is 30.1 Å². The van der Waals surface area contributed by atoms with Crippen molar-refractivity contribution in [1.82, 2.24) is 14.7 Å². The zero-order valence-corrected chi connectivity index (χ0v) is 10.5. The van der Waals surface area contributed by atoms with E-state index in [2.05, 4.69) is 10.3 Å². The van der Waals surface area contributed by atoms with Gasteiger partial charge in [0, 0.05) is 31.1 Å². The van der Waals surface area contributed by atoms with Crippen LogP contribution in [-0.2, 0) is 4.79 Å². The number of carbonyl (C=O) groups excluding carboxylic acids is 1. The molecule has 0 aliphatic carbocycles. The van der Waals surface area contributed by atoms with Crippen molar-refractivity contribution in [2.24, 2.45) is 0 Å². The third-order valence-corrected chi connectivity index (χ3v) is 2.82. The molecule has 2 aromatic rings. The Morgan fingerprint density at radius 2 is 2.26 bits per heavy atom. The number of carboxylic acids is 1. The monoisotopic (exact) mass is 261 g/mol. The highest BCUT2D eigenvalue weighted by Gasteiger charge is 2.11. The molecule has 2 heterocycles. The fourth-order valence-corrected chi connectivity index (χ4v) is 1.77. The van der Waals surface area contributed by atoms with Gasteiger partial charge in [0.05, 0.1) is 5.56 Å². The van der Waals surface area contributed by atoms with Gasteiger partial charge in [0.2, 0.25) is 0 Å². The fraction of sp³-hybridized carbons (Fsp3) is 0.308. The number of hydrogen-bond acceptors (Lipinski definition) is 3. The van der Waals surface area contributed by atoms with Crippen molar-refractivity contribution in [3.63, 3.8) is 0 Å².